The van der Waals surface area contributed by atoms with E-state index in [4.69, 9.17) is 4.74 Å². The Morgan fingerprint density at radius 2 is 1.68 bits per heavy atom. The van der Waals surface area contributed by atoms with Crippen LogP contribution in [0.25, 0.3) is 0 Å². The van der Waals surface area contributed by atoms with Gasteiger partial charge in [-0.3, -0.25) is 4.72 Å². The maximum absolute atomic E-state index is 13.6. The minimum atomic E-state index is -3.97. The number of rotatable bonds is 8. The number of benzene rings is 3. The first-order chi connectivity index (χ1) is 16.2. The van der Waals surface area contributed by atoms with Crippen molar-refractivity contribution in [1.82, 2.24) is 4.41 Å². The van der Waals surface area contributed by atoms with Gasteiger partial charge in [-0.15, -0.1) is 0 Å². The summed E-state index contributed by atoms with van der Waals surface area (Å²) in [6, 6.07) is 21.6. The molecular formula is C24H25N3O5S2. The number of hydrogen-bond donors (Lipinski definition) is 1. The van der Waals surface area contributed by atoms with Crippen LogP contribution in [0.2, 0.25) is 0 Å². The standard InChI is InChI=1S/C24H25N3O5S2/c1-3-32-24-15-8-7-14-21(24)23-17-22(18-10-9-11-19(16-18)26-33(2,28)29)25-27(23)34(30,31)20-12-5-4-6-13-20/h4-16,23,26H,3,17H2,1-2H3/t23-/m1/s1. The summed E-state index contributed by atoms with van der Waals surface area (Å²) in [4.78, 5) is 0.131. The van der Waals surface area contributed by atoms with Crippen LogP contribution < -0.4 is 9.46 Å². The molecular weight excluding hydrogens is 474 g/mol. The lowest BCUT2D eigenvalue weighted by Gasteiger charge is -2.25. The molecule has 4 rings (SSSR count). The van der Waals surface area contributed by atoms with Crippen LogP contribution in [0.5, 0.6) is 5.75 Å². The Labute approximate surface area is 200 Å². The zero-order valence-electron chi connectivity index (χ0n) is 18.7. The molecule has 10 heteroatoms. The highest BCUT2D eigenvalue weighted by Crippen LogP contribution is 2.40. The van der Waals surface area contributed by atoms with Crippen LogP contribution in [0, 0.1) is 0 Å². The quantitative estimate of drug-likeness (QED) is 0.504. The fourth-order valence-corrected chi connectivity index (χ4v) is 5.84. The van der Waals surface area contributed by atoms with Gasteiger partial charge in [0.1, 0.15) is 5.75 Å². The molecule has 34 heavy (non-hydrogen) atoms. The summed E-state index contributed by atoms with van der Waals surface area (Å²) in [7, 11) is -7.43. The highest BCUT2D eigenvalue weighted by molar-refractivity contribution is 7.92. The molecule has 3 aromatic rings. The Kier molecular flexibility index (Phi) is 6.63. The number of ether oxygens (including phenoxy) is 1. The molecule has 0 bridgehead atoms. The molecule has 0 fully saturated rings. The van der Waals surface area contributed by atoms with E-state index in [0.717, 1.165) is 10.7 Å². The van der Waals surface area contributed by atoms with Gasteiger partial charge in [-0.2, -0.15) is 17.9 Å². The second kappa shape index (κ2) is 9.47. The van der Waals surface area contributed by atoms with Gasteiger partial charge in [0.05, 0.1) is 29.5 Å². The molecule has 0 aromatic heterocycles. The topological polar surface area (TPSA) is 105 Å². The van der Waals surface area contributed by atoms with Gasteiger partial charge in [0.15, 0.2) is 0 Å². The van der Waals surface area contributed by atoms with Crippen molar-refractivity contribution in [3.63, 3.8) is 0 Å². The molecule has 0 unspecified atom stereocenters. The molecule has 1 atom stereocenters. The number of nitrogens with zero attached hydrogens (tertiary/aromatic N) is 2. The molecule has 0 aliphatic carbocycles. The van der Waals surface area contributed by atoms with Gasteiger partial charge in [0, 0.05) is 17.7 Å². The lowest BCUT2D eigenvalue weighted by Crippen LogP contribution is -2.27. The van der Waals surface area contributed by atoms with Crippen molar-refractivity contribution in [2.45, 2.75) is 24.3 Å². The van der Waals surface area contributed by atoms with Crippen molar-refractivity contribution >= 4 is 31.4 Å². The lowest BCUT2D eigenvalue weighted by molar-refractivity contribution is 0.316. The van der Waals surface area contributed by atoms with Crippen molar-refractivity contribution in [3.05, 3.63) is 90.0 Å². The molecule has 178 valence electrons. The molecule has 0 spiro atoms. The zero-order valence-corrected chi connectivity index (χ0v) is 20.4. The van der Waals surface area contributed by atoms with Gasteiger partial charge >= 0.3 is 0 Å². The molecule has 3 aromatic carbocycles. The first kappa shape index (κ1) is 23.8. The van der Waals surface area contributed by atoms with Crippen LogP contribution in [0.3, 0.4) is 0 Å². The van der Waals surface area contributed by atoms with Gasteiger partial charge in [0.2, 0.25) is 10.0 Å². The molecule has 1 aliphatic rings. The molecule has 1 aliphatic heterocycles. The van der Waals surface area contributed by atoms with Crippen LogP contribution in [-0.2, 0) is 20.0 Å². The highest BCUT2D eigenvalue weighted by Gasteiger charge is 2.39. The number of hydrazone groups is 1. The van der Waals surface area contributed by atoms with Crippen LogP contribution in [-0.4, -0.2) is 39.8 Å². The number of hydrogen-bond acceptors (Lipinski definition) is 6. The summed E-state index contributed by atoms with van der Waals surface area (Å²) in [5, 5.41) is 4.53. The lowest BCUT2D eigenvalue weighted by atomic mass is 9.98. The summed E-state index contributed by atoms with van der Waals surface area (Å²) < 4.78 is 59.9. The number of para-hydroxylation sites is 1. The van der Waals surface area contributed by atoms with Crippen molar-refractivity contribution in [2.75, 3.05) is 17.6 Å². The Hall–Kier alpha value is -3.37. The molecule has 0 saturated heterocycles. The van der Waals surface area contributed by atoms with E-state index < -0.39 is 26.1 Å². The zero-order chi connectivity index (χ0) is 24.3. The van der Waals surface area contributed by atoms with Crippen LogP contribution in [0.15, 0.2) is 88.9 Å². The molecule has 1 heterocycles. The maximum atomic E-state index is 13.6. The van der Waals surface area contributed by atoms with Gasteiger partial charge < -0.3 is 4.74 Å². The normalized spacial score (nSPS) is 16.2. The van der Waals surface area contributed by atoms with E-state index in [1.807, 2.05) is 25.1 Å². The SMILES string of the molecule is CCOc1ccccc1[C@H]1CC(c2cccc(NS(C)(=O)=O)c2)=NN1S(=O)(=O)c1ccccc1. The van der Waals surface area contributed by atoms with Gasteiger partial charge in [-0.1, -0.05) is 48.5 Å². The molecule has 0 amide bonds. The molecule has 1 N–H and O–H groups in total. The van der Waals surface area contributed by atoms with E-state index in [1.165, 1.54) is 12.1 Å². The number of nitrogens with one attached hydrogen (secondary N) is 1. The van der Waals surface area contributed by atoms with E-state index in [0.29, 0.717) is 41.3 Å². The number of anilines is 1. The monoisotopic (exact) mass is 499 g/mol. The Morgan fingerprint density at radius 1 is 0.971 bits per heavy atom. The van der Waals surface area contributed by atoms with E-state index >= 15 is 0 Å². The summed E-state index contributed by atoms with van der Waals surface area (Å²) in [6.45, 7) is 2.30. The molecule has 0 saturated carbocycles. The first-order valence-electron chi connectivity index (χ1n) is 10.7. The van der Waals surface area contributed by atoms with Gasteiger partial charge in [-0.05, 0) is 42.8 Å². The largest absolute Gasteiger partial charge is 0.494 e. The molecule has 0 radical (unpaired) electrons. The third-order valence-corrected chi connectivity index (χ3v) is 7.54. The first-order valence-corrected chi connectivity index (χ1v) is 14.0. The average molecular weight is 500 g/mol. The van der Waals surface area contributed by atoms with Crippen LogP contribution >= 0.6 is 0 Å². The smallest absolute Gasteiger partial charge is 0.279 e. The van der Waals surface area contributed by atoms with E-state index in [1.54, 1.807) is 48.5 Å². The minimum Gasteiger partial charge on any atom is -0.494 e. The predicted octanol–water partition coefficient (Wildman–Crippen LogP) is 4.00. The Balaban J connectivity index is 1.81. The van der Waals surface area contributed by atoms with Crippen molar-refractivity contribution in [1.29, 1.82) is 0 Å². The van der Waals surface area contributed by atoms with Crippen molar-refractivity contribution < 1.29 is 21.6 Å². The van der Waals surface area contributed by atoms with E-state index in [2.05, 4.69) is 9.82 Å². The third-order valence-electron chi connectivity index (χ3n) is 5.24. The van der Waals surface area contributed by atoms with Crippen LogP contribution in [0.4, 0.5) is 5.69 Å². The Morgan fingerprint density at radius 3 is 2.38 bits per heavy atom. The fraction of sp³-hybridized carbons (Fsp3) is 0.208. The molecule has 8 nitrogen and oxygen atoms in total. The van der Waals surface area contributed by atoms with E-state index in [9.17, 15) is 16.8 Å². The fourth-order valence-electron chi connectivity index (χ4n) is 3.84. The van der Waals surface area contributed by atoms with Gasteiger partial charge in [-0.25, -0.2) is 8.42 Å². The highest BCUT2D eigenvalue weighted by atomic mass is 32.2. The van der Waals surface area contributed by atoms with Crippen molar-refractivity contribution in [2.24, 2.45) is 5.10 Å². The Bertz CT molecular complexity index is 1420. The van der Waals surface area contributed by atoms with Gasteiger partial charge in [0.25, 0.3) is 10.0 Å². The summed E-state index contributed by atoms with van der Waals surface area (Å²) in [5.41, 5.74) is 2.22. The summed E-state index contributed by atoms with van der Waals surface area (Å²) in [5.74, 6) is 0.590. The summed E-state index contributed by atoms with van der Waals surface area (Å²) in [6.07, 6.45) is 1.36. The van der Waals surface area contributed by atoms with Crippen molar-refractivity contribution in [3.8, 4) is 5.75 Å². The predicted molar refractivity (Wildman–Crippen MR) is 132 cm³/mol. The average Bonchev–Trinajstić information content (AvgIpc) is 3.26. The minimum absolute atomic E-state index is 0.131. The van der Waals surface area contributed by atoms with Crippen LogP contribution in [0.1, 0.15) is 30.5 Å². The third kappa shape index (κ3) is 5.07. The maximum Gasteiger partial charge on any atom is 0.279 e. The number of sulfonamides is 2. The summed E-state index contributed by atoms with van der Waals surface area (Å²) >= 11 is 0. The second-order valence-corrected chi connectivity index (χ2v) is 11.3. The van der Waals surface area contributed by atoms with E-state index in [-0.39, 0.29) is 4.90 Å². The second-order valence-electron chi connectivity index (χ2n) is 7.78.